The number of H-pyrrole nitrogens is 1. The molecule has 0 saturated heterocycles. The average molecular weight is 512 g/mol. The largest absolute Gasteiger partial charge is 0.418 e. The first-order valence-corrected chi connectivity index (χ1v) is 11.6. The second-order valence-electron chi connectivity index (χ2n) is 7.76. The first kappa shape index (κ1) is 23.6. The van der Waals surface area contributed by atoms with Crippen molar-refractivity contribution in [1.29, 1.82) is 0 Å². The summed E-state index contributed by atoms with van der Waals surface area (Å²) in [5.41, 5.74) is -0.860. The molecule has 0 aliphatic carbocycles. The lowest BCUT2D eigenvalue weighted by atomic mass is 10.1. The van der Waals surface area contributed by atoms with Gasteiger partial charge in [0.25, 0.3) is 5.56 Å². The standard InChI is InChI=1S/C25H16F4N4O2S/c26-16-9-3-6-12-19(16)33-23(35)22-21(14-7-1-4-10-17(14)31-22)32-24(33)36-13-20(34)30-18-11-5-2-8-15(18)25(27,28)29/h1-12,31H,13H2,(H,30,34). The molecular formula is C25H16F4N4O2S. The van der Waals surface area contributed by atoms with E-state index in [1.165, 1.54) is 30.3 Å². The smallest absolute Gasteiger partial charge is 0.349 e. The van der Waals surface area contributed by atoms with E-state index in [1.807, 2.05) is 0 Å². The number of para-hydroxylation sites is 3. The van der Waals surface area contributed by atoms with Crippen molar-refractivity contribution in [2.24, 2.45) is 0 Å². The van der Waals surface area contributed by atoms with E-state index in [1.54, 1.807) is 30.3 Å². The summed E-state index contributed by atoms with van der Waals surface area (Å²) in [5.74, 6) is -1.80. The van der Waals surface area contributed by atoms with E-state index in [9.17, 15) is 27.2 Å². The number of hydrogen-bond acceptors (Lipinski definition) is 4. The number of aromatic amines is 1. The van der Waals surface area contributed by atoms with Crippen molar-refractivity contribution in [2.45, 2.75) is 11.3 Å². The van der Waals surface area contributed by atoms with Crippen molar-refractivity contribution >= 4 is 45.3 Å². The van der Waals surface area contributed by atoms with Crippen molar-refractivity contribution in [3.63, 3.8) is 0 Å². The number of aromatic nitrogens is 3. The molecule has 3 aromatic carbocycles. The number of halogens is 4. The number of amides is 1. The molecule has 0 aliphatic rings. The summed E-state index contributed by atoms with van der Waals surface area (Å²) in [7, 11) is 0. The van der Waals surface area contributed by atoms with Crippen LogP contribution in [-0.4, -0.2) is 26.2 Å². The number of hydrogen-bond donors (Lipinski definition) is 2. The fraction of sp³-hybridized carbons (Fsp3) is 0.0800. The van der Waals surface area contributed by atoms with Crippen LogP contribution >= 0.6 is 11.8 Å². The van der Waals surface area contributed by atoms with Gasteiger partial charge in [-0.25, -0.2) is 9.37 Å². The Kier molecular flexibility index (Phi) is 6.00. The summed E-state index contributed by atoms with van der Waals surface area (Å²) < 4.78 is 55.6. The van der Waals surface area contributed by atoms with Gasteiger partial charge in [-0.15, -0.1) is 0 Å². The van der Waals surface area contributed by atoms with Gasteiger partial charge in [0, 0.05) is 10.9 Å². The lowest BCUT2D eigenvalue weighted by Gasteiger charge is -2.14. The zero-order valence-electron chi connectivity index (χ0n) is 18.3. The van der Waals surface area contributed by atoms with Gasteiger partial charge in [-0.1, -0.05) is 54.2 Å². The molecular weight excluding hydrogens is 496 g/mol. The Morgan fingerprint density at radius 1 is 1.00 bits per heavy atom. The number of alkyl halides is 3. The van der Waals surface area contributed by atoms with Gasteiger partial charge in [0.05, 0.1) is 22.7 Å². The van der Waals surface area contributed by atoms with Gasteiger partial charge >= 0.3 is 6.18 Å². The molecule has 182 valence electrons. The SMILES string of the molecule is O=C(CSc1nc2c([nH]c3ccccc32)c(=O)n1-c1ccccc1F)Nc1ccccc1C(F)(F)F. The number of thioether (sulfide) groups is 1. The Labute approximate surface area is 205 Å². The van der Waals surface area contributed by atoms with Crippen molar-refractivity contribution in [3.05, 3.63) is 94.5 Å². The van der Waals surface area contributed by atoms with E-state index in [0.717, 1.165) is 28.5 Å². The molecule has 36 heavy (non-hydrogen) atoms. The van der Waals surface area contributed by atoms with Gasteiger partial charge in [-0.05, 0) is 30.3 Å². The van der Waals surface area contributed by atoms with Crippen molar-refractivity contribution in [1.82, 2.24) is 14.5 Å². The molecule has 0 aliphatic heterocycles. The minimum Gasteiger partial charge on any atom is -0.349 e. The maximum atomic E-state index is 14.7. The molecule has 0 spiro atoms. The van der Waals surface area contributed by atoms with Crippen LogP contribution in [0.15, 0.2) is 82.7 Å². The normalized spacial score (nSPS) is 11.8. The number of fused-ring (bicyclic) bond motifs is 3. The molecule has 0 saturated carbocycles. The Morgan fingerprint density at radius 3 is 2.47 bits per heavy atom. The molecule has 5 rings (SSSR count). The molecule has 1 amide bonds. The lowest BCUT2D eigenvalue weighted by molar-refractivity contribution is -0.137. The van der Waals surface area contributed by atoms with E-state index in [4.69, 9.17) is 0 Å². The second kappa shape index (κ2) is 9.15. The lowest BCUT2D eigenvalue weighted by Crippen LogP contribution is -2.24. The highest BCUT2D eigenvalue weighted by Gasteiger charge is 2.33. The number of nitrogens with one attached hydrogen (secondary N) is 2. The van der Waals surface area contributed by atoms with Crippen LogP contribution < -0.4 is 10.9 Å². The first-order valence-electron chi connectivity index (χ1n) is 10.6. The predicted molar refractivity (Wildman–Crippen MR) is 130 cm³/mol. The van der Waals surface area contributed by atoms with E-state index in [2.05, 4.69) is 15.3 Å². The van der Waals surface area contributed by atoms with E-state index >= 15 is 0 Å². The van der Waals surface area contributed by atoms with Crippen molar-refractivity contribution in [3.8, 4) is 5.69 Å². The molecule has 5 aromatic rings. The third-order valence-electron chi connectivity index (χ3n) is 5.43. The van der Waals surface area contributed by atoms with Gasteiger partial charge in [0.2, 0.25) is 5.91 Å². The van der Waals surface area contributed by atoms with Crippen LogP contribution in [0, 0.1) is 5.82 Å². The molecule has 0 bridgehead atoms. The summed E-state index contributed by atoms with van der Waals surface area (Å²) in [4.78, 5) is 33.6. The van der Waals surface area contributed by atoms with Crippen LogP contribution in [0.25, 0.3) is 27.6 Å². The molecule has 0 atom stereocenters. The van der Waals surface area contributed by atoms with Gasteiger partial charge in [0.1, 0.15) is 16.9 Å². The first-order chi connectivity index (χ1) is 17.2. The number of anilines is 1. The van der Waals surface area contributed by atoms with E-state index in [-0.39, 0.29) is 27.8 Å². The monoisotopic (exact) mass is 512 g/mol. The molecule has 0 radical (unpaired) electrons. The van der Waals surface area contributed by atoms with E-state index < -0.39 is 29.0 Å². The number of benzene rings is 3. The Bertz CT molecular complexity index is 1680. The number of nitrogens with zero attached hydrogens (tertiary/aromatic N) is 2. The summed E-state index contributed by atoms with van der Waals surface area (Å²) in [6.07, 6.45) is -4.65. The van der Waals surface area contributed by atoms with Crippen LogP contribution in [0.5, 0.6) is 0 Å². The summed E-state index contributed by atoms with van der Waals surface area (Å²) >= 11 is 0.810. The van der Waals surface area contributed by atoms with Crippen molar-refractivity contribution < 1.29 is 22.4 Å². The van der Waals surface area contributed by atoms with Gasteiger partial charge < -0.3 is 10.3 Å². The van der Waals surface area contributed by atoms with E-state index in [0.29, 0.717) is 16.4 Å². The summed E-state index contributed by atoms with van der Waals surface area (Å²) in [6, 6.07) is 17.3. The molecule has 6 nitrogen and oxygen atoms in total. The number of carbonyl (C=O) groups excluding carboxylic acids is 1. The second-order valence-corrected chi connectivity index (χ2v) is 8.70. The molecule has 0 fully saturated rings. The number of carbonyl (C=O) groups is 1. The van der Waals surface area contributed by atoms with Gasteiger partial charge in [-0.3, -0.25) is 14.2 Å². The quantitative estimate of drug-likeness (QED) is 0.178. The molecule has 11 heteroatoms. The fourth-order valence-electron chi connectivity index (χ4n) is 3.84. The molecule has 2 heterocycles. The van der Waals surface area contributed by atoms with Crippen molar-refractivity contribution in [2.75, 3.05) is 11.1 Å². The van der Waals surface area contributed by atoms with Crippen LogP contribution in [0.4, 0.5) is 23.2 Å². The molecule has 2 N–H and O–H groups in total. The van der Waals surface area contributed by atoms with Gasteiger partial charge in [0.15, 0.2) is 5.16 Å². The maximum absolute atomic E-state index is 14.7. The molecule has 2 aromatic heterocycles. The maximum Gasteiger partial charge on any atom is 0.418 e. The minimum atomic E-state index is -4.65. The average Bonchev–Trinajstić information content (AvgIpc) is 3.22. The van der Waals surface area contributed by atoms with Crippen LogP contribution in [0.2, 0.25) is 0 Å². The minimum absolute atomic E-state index is 0.0154. The zero-order chi connectivity index (χ0) is 25.4. The number of rotatable bonds is 5. The Balaban J connectivity index is 1.55. The summed E-state index contributed by atoms with van der Waals surface area (Å²) in [6.45, 7) is 0. The Morgan fingerprint density at radius 2 is 1.69 bits per heavy atom. The third-order valence-corrected chi connectivity index (χ3v) is 6.37. The van der Waals surface area contributed by atoms with Crippen LogP contribution in [-0.2, 0) is 11.0 Å². The van der Waals surface area contributed by atoms with Gasteiger partial charge in [-0.2, -0.15) is 13.2 Å². The topological polar surface area (TPSA) is 79.8 Å². The highest BCUT2D eigenvalue weighted by molar-refractivity contribution is 7.99. The highest BCUT2D eigenvalue weighted by atomic mass is 32.2. The molecule has 0 unspecified atom stereocenters. The zero-order valence-corrected chi connectivity index (χ0v) is 19.1. The van der Waals surface area contributed by atoms with Crippen LogP contribution in [0.3, 0.4) is 0 Å². The Hall–Kier alpha value is -4.12. The predicted octanol–water partition coefficient (Wildman–Crippen LogP) is 5.76. The third kappa shape index (κ3) is 4.33. The highest BCUT2D eigenvalue weighted by Crippen LogP contribution is 2.35. The summed E-state index contributed by atoms with van der Waals surface area (Å²) in [5, 5.41) is 2.94. The van der Waals surface area contributed by atoms with Crippen LogP contribution in [0.1, 0.15) is 5.56 Å². The fourth-order valence-corrected chi connectivity index (χ4v) is 4.64.